The van der Waals surface area contributed by atoms with Crippen molar-refractivity contribution in [2.45, 2.75) is 27.2 Å². The number of anilines is 1. The average Bonchev–Trinajstić information content (AvgIpc) is 2.32. The van der Waals surface area contributed by atoms with Crippen molar-refractivity contribution in [3.05, 3.63) is 29.8 Å². The fourth-order valence-corrected chi connectivity index (χ4v) is 1.65. The number of Topliss-reactive ketones (excluding diaryl/α,β-unsaturated/α-hetero) is 1. The highest BCUT2D eigenvalue weighted by atomic mass is 16.2. The Balaban J connectivity index is 2.72. The largest absolute Gasteiger partial charge is 0.325 e. The molecule has 1 unspecified atom stereocenters. The van der Waals surface area contributed by atoms with E-state index in [-0.39, 0.29) is 18.1 Å². The van der Waals surface area contributed by atoms with Gasteiger partial charge in [-0.25, -0.2) is 0 Å². The number of ketones is 1. The van der Waals surface area contributed by atoms with Crippen molar-refractivity contribution in [1.82, 2.24) is 0 Å². The molecule has 4 nitrogen and oxygen atoms in total. The molecule has 0 aliphatic heterocycles. The van der Waals surface area contributed by atoms with Gasteiger partial charge in [0.05, 0.1) is 6.07 Å². The van der Waals surface area contributed by atoms with Gasteiger partial charge in [0.1, 0.15) is 0 Å². The molecule has 0 aliphatic rings. The third-order valence-corrected chi connectivity index (χ3v) is 2.64. The molecule has 1 aromatic carbocycles. The second kappa shape index (κ2) is 6.69. The van der Waals surface area contributed by atoms with Gasteiger partial charge in [0, 0.05) is 12.1 Å². The van der Waals surface area contributed by atoms with Gasteiger partial charge >= 0.3 is 0 Å². The molecule has 0 aliphatic carbocycles. The number of hydrogen-bond acceptors (Lipinski definition) is 3. The van der Waals surface area contributed by atoms with Crippen molar-refractivity contribution in [1.29, 1.82) is 5.26 Å². The summed E-state index contributed by atoms with van der Waals surface area (Å²) in [6, 6.07) is 8.97. The lowest BCUT2D eigenvalue weighted by molar-refractivity contribution is -0.129. The second-order valence-electron chi connectivity index (χ2n) is 4.98. The molecular weight excluding hydrogens is 240 g/mol. The molecule has 19 heavy (non-hydrogen) atoms. The predicted molar refractivity (Wildman–Crippen MR) is 73.4 cm³/mol. The van der Waals surface area contributed by atoms with Gasteiger partial charge in [-0.15, -0.1) is 0 Å². The second-order valence-corrected chi connectivity index (χ2v) is 4.98. The lowest BCUT2D eigenvalue weighted by atomic mass is 9.96. The Labute approximate surface area is 113 Å². The molecule has 1 aromatic rings. The minimum Gasteiger partial charge on any atom is -0.325 e. The standard InChI is InChI=1S/C15H18N2O2/c1-10(2)8-14(18)13(9-16)15(19)17-12-6-4-11(3)5-7-12/h4-7,10,13H,8H2,1-3H3,(H,17,19). The van der Waals surface area contributed by atoms with Crippen LogP contribution in [0.2, 0.25) is 0 Å². The number of carbonyl (C=O) groups excluding carboxylic acids is 2. The first-order valence-corrected chi connectivity index (χ1v) is 6.24. The van der Waals surface area contributed by atoms with E-state index in [0.717, 1.165) is 5.56 Å². The zero-order valence-corrected chi connectivity index (χ0v) is 11.4. The van der Waals surface area contributed by atoms with E-state index in [9.17, 15) is 9.59 Å². The van der Waals surface area contributed by atoms with E-state index in [2.05, 4.69) is 5.32 Å². The highest BCUT2D eigenvalue weighted by molar-refractivity contribution is 6.09. The monoisotopic (exact) mass is 258 g/mol. The molecule has 1 atom stereocenters. The zero-order valence-electron chi connectivity index (χ0n) is 11.4. The number of rotatable bonds is 5. The molecule has 1 amide bonds. The van der Waals surface area contributed by atoms with Gasteiger partial charge in [0.25, 0.3) is 0 Å². The highest BCUT2D eigenvalue weighted by Gasteiger charge is 2.26. The molecule has 1 rings (SSSR count). The van der Waals surface area contributed by atoms with Crippen LogP contribution in [0.4, 0.5) is 5.69 Å². The summed E-state index contributed by atoms with van der Waals surface area (Å²) in [7, 11) is 0. The van der Waals surface area contributed by atoms with Crippen molar-refractivity contribution >= 4 is 17.4 Å². The number of aryl methyl sites for hydroxylation is 1. The van der Waals surface area contributed by atoms with Crippen LogP contribution in [0.25, 0.3) is 0 Å². The molecular formula is C15H18N2O2. The maximum absolute atomic E-state index is 11.9. The van der Waals surface area contributed by atoms with Crippen LogP contribution in [0.3, 0.4) is 0 Å². The summed E-state index contributed by atoms with van der Waals surface area (Å²) in [5, 5.41) is 11.6. The van der Waals surface area contributed by atoms with Crippen molar-refractivity contribution in [3.8, 4) is 6.07 Å². The van der Waals surface area contributed by atoms with Gasteiger partial charge < -0.3 is 5.32 Å². The smallest absolute Gasteiger partial charge is 0.249 e. The number of nitrogens with zero attached hydrogens (tertiary/aromatic N) is 1. The molecule has 0 fully saturated rings. The summed E-state index contributed by atoms with van der Waals surface area (Å²) in [6.07, 6.45) is 0.236. The Hall–Kier alpha value is -2.15. The molecule has 0 bridgehead atoms. The topological polar surface area (TPSA) is 70.0 Å². The van der Waals surface area contributed by atoms with E-state index >= 15 is 0 Å². The summed E-state index contributed by atoms with van der Waals surface area (Å²) in [5.74, 6) is -1.99. The van der Waals surface area contributed by atoms with Gasteiger partial charge in [-0.3, -0.25) is 9.59 Å². The van der Waals surface area contributed by atoms with Gasteiger partial charge in [-0.2, -0.15) is 5.26 Å². The van der Waals surface area contributed by atoms with Crippen LogP contribution in [0.15, 0.2) is 24.3 Å². The average molecular weight is 258 g/mol. The highest BCUT2D eigenvalue weighted by Crippen LogP contribution is 2.13. The molecule has 4 heteroatoms. The first-order valence-electron chi connectivity index (χ1n) is 6.24. The first kappa shape index (κ1) is 14.9. The van der Waals surface area contributed by atoms with Crippen LogP contribution in [0.1, 0.15) is 25.8 Å². The fraction of sp³-hybridized carbons (Fsp3) is 0.400. The number of benzene rings is 1. The SMILES string of the molecule is Cc1ccc(NC(=O)C(C#N)C(=O)CC(C)C)cc1. The van der Waals surface area contributed by atoms with Gasteiger partial charge in [0.2, 0.25) is 5.91 Å². The van der Waals surface area contributed by atoms with Crippen LogP contribution in [-0.2, 0) is 9.59 Å². The minimum atomic E-state index is -1.23. The molecule has 0 heterocycles. The number of carbonyl (C=O) groups is 2. The summed E-state index contributed by atoms with van der Waals surface area (Å²) in [4.78, 5) is 23.7. The summed E-state index contributed by atoms with van der Waals surface area (Å²) in [6.45, 7) is 5.70. The van der Waals surface area contributed by atoms with Crippen LogP contribution < -0.4 is 5.32 Å². The van der Waals surface area contributed by atoms with Gasteiger partial charge in [-0.1, -0.05) is 31.5 Å². The quantitative estimate of drug-likeness (QED) is 0.825. The Kier molecular flexibility index (Phi) is 5.25. The van der Waals surface area contributed by atoms with E-state index in [0.29, 0.717) is 5.69 Å². The van der Waals surface area contributed by atoms with E-state index in [1.54, 1.807) is 18.2 Å². The zero-order chi connectivity index (χ0) is 14.4. The minimum absolute atomic E-state index is 0.135. The number of nitrogens with one attached hydrogen (secondary N) is 1. The van der Waals surface area contributed by atoms with Gasteiger partial charge in [0.15, 0.2) is 11.7 Å². The van der Waals surface area contributed by atoms with Crippen molar-refractivity contribution < 1.29 is 9.59 Å². The van der Waals surface area contributed by atoms with Crippen molar-refractivity contribution in [3.63, 3.8) is 0 Å². The van der Waals surface area contributed by atoms with E-state index in [1.165, 1.54) is 0 Å². The maximum atomic E-state index is 11.9. The predicted octanol–water partition coefficient (Wildman–Crippen LogP) is 2.69. The summed E-state index contributed by atoms with van der Waals surface area (Å²) in [5.41, 5.74) is 1.67. The van der Waals surface area contributed by atoms with Crippen molar-refractivity contribution in [2.24, 2.45) is 11.8 Å². The Morgan fingerprint density at radius 2 is 1.84 bits per heavy atom. The molecule has 0 spiro atoms. The molecule has 0 saturated heterocycles. The lowest BCUT2D eigenvalue weighted by Gasteiger charge is -2.11. The third-order valence-electron chi connectivity index (χ3n) is 2.64. The van der Waals surface area contributed by atoms with Crippen LogP contribution >= 0.6 is 0 Å². The molecule has 1 N–H and O–H groups in total. The Bertz CT molecular complexity index is 498. The number of amides is 1. The molecule has 0 radical (unpaired) electrons. The third kappa shape index (κ3) is 4.55. The fourth-order valence-electron chi connectivity index (χ4n) is 1.65. The first-order chi connectivity index (χ1) is 8.93. The number of hydrogen-bond donors (Lipinski definition) is 1. The lowest BCUT2D eigenvalue weighted by Crippen LogP contribution is -2.29. The Morgan fingerprint density at radius 1 is 1.26 bits per heavy atom. The van der Waals surface area contributed by atoms with E-state index in [1.807, 2.05) is 32.9 Å². The summed E-state index contributed by atoms with van der Waals surface area (Å²) >= 11 is 0. The molecule has 100 valence electrons. The van der Waals surface area contributed by atoms with Gasteiger partial charge in [-0.05, 0) is 25.0 Å². The molecule has 0 saturated carbocycles. The van der Waals surface area contributed by atoms with Crippen LogP contribution in [0, 0.1) is 30.1 Å². The molecule has 0 aromatic heterocycles. The number of nitriles is 1. The van der Waals surface area contributed by atoms with E-state index < -0.39 is 11.8 Å². The van der Waals surface area contributed by atoms with E-state index in [4.69, 9.17) is 5.26 Å². The summed E-state index contributed by atoms with van der Waals surface area (Å²) < 4.78 is 0. The van der Waals surface area contributed by atoms with Crippen molar-refractivity contribution in [2.75, 3.05) is 5.32 Å². The van der Waals surface area contributed by atoms with Crippen LogP contribution in [-0.4, -0.2) is 11.7 Å². The normalized spacial score (nSPS) is 11.7. The van der Waals surface area contributed by atoms with Crippen LogP contribution in [0.5, 0.6) is 0 Å². The maximum Gasteiger partial charge on any atom is 0.249 e. The Morgan fingerprint density at radius 3 is 2.32 bits per heavy atom.